The van der Waals surface area contributed by atoms with Gasteiger partial charge in [-0.15, -0.1) is 0 Å². The zero-order chi connectivity index (χ0) is 24.9. The van der Waals surface area contributed by atoms with E-state index in [1.165, 1.54) is 6.21 Å². The lowest BCUT2D eigenvalue weighted by Crippen LogP contribution is -2.17. The monoisotopic (exact) mass is 474 g/mol. The average molecular weight is 475 g/mol. The summed E-state index contributed by atoms with van der Waals surface area (Å²) < 4.78 is 16.5. The highest BCUT2D eigenvalue weighted by Gasteiger charge is 2.09. The number of hydrogen-bond acceptors (Lipinski definition) is 6. The van der Waals surface area contributed by atoms with Crippen molar-refractivity contribution in [2.24, 2.45) is 5.10 Å². The van der Waals surface area contributed by atoms with Gasteiger partial charge in [0, 0.05) is 5.56 Å². The second kappa shape index (κ2) is 13.5. The molecule has 0 aliphatic carbocycles. The Balaban J connectivity index is 1.47. The highest BCUT2D eigenvalue weighted by molar-refractivity contribution is 5.95. The van der Waals surface area contributed by atoms with Gasteiger partial charge in [-0.2, -0.15) is 5.10 Å². The van der Waals surface area contributed by atoms with Crippen LogP contribution in [0.15, 0.2) is 77.9 Å². The number of rotatable bonds is 12. The Morgan fingerprint density at radius 1 is 0.743 bits per heavy atom. The van der Waals surface area contributed by atoms with Gasteiger partial charge in [0.15, 0.2) is 0 Å². The molecular formula is C28H30N2O5. The third-order valence-electron chi connectivity index (χ3n) is 4.92. The van der Waals surface area contributed by atoms with E-state index >= 15 is 0 Å². The molecule has 7 nitrogen and oxygen atoms in total. The Hall–Kier alpha value is -4.13. The quantitative estimate of drug-likeness (QED) is 0.121. The molecule has 0 bridgehead atoms. The smallest absolute Gasteiger partial charge is 0.343 e. The molecule has 0 saturated heterocycles. The summed E-state index contributed by atoms with van der Waals surface area (Å²) in [5, 5.41) is 3.99. The van der Waals surface area contributed by atoms with Gasteiger partial charge < -0.3 is 14.2 Å². The maximum absolute atomic E-state index is 12.3. The number of amides is 1. The van der Waals surface area contributed by atoms with E-state index in [1.807, 2.05) is 6.92 Å². The zero-order valence-electron chi connectivity index (χ0n) is 20.0. The number of nitrogens with one attached hydrogen (secondary N) is 1. The maximum Gasteiger partial charge on any atom is 0.343 e. The number of nitrogens with zero attached hydrogens (tertiary/aromatic N) is 1. The Labute approximate surface area is 205 Å². The highest BCUT2D eigenvalue weighted by Crippen LogP contribution is 2.17. The van der Waals surface area contributed by atoms with Crippen molar-refractivity contribution in [3.8, 4) is 17.2 Å². The molecule has 0 radical (unpaired) electrons. The summed E-state index contributed by atoms with van der Waals surface area (Å²) in [5.74, 6) is 1.08. The van der Waals surface area contributed by atoms with Crippen molar-refractivity contribution in [2.45, 2.75) is 33.1 Å². The summed E-state index contributed by atoms with van der Waals surface area (Å²) in [6.45, 7) is 5.42. The van der Waals surface area contributed by atoms with Gasteiger partial charge >= 0.3 is 5.97 Å². The molecule has 0 spiro atoms. The fraction of sp³-hybridized carbons (Fsp3) is 0.250. The van der Waals surface area contributed by atoms with E-state index < -0.39 is 5.97 Å². The van der Waals surface area contributed by atoms with Crippen LogP contribution in [0.5, 0.6) is 17.2 Å². The van der Waals surface area contributed by atoms with Gasteiger partial charge in [0.1, 0.15) is 17.2 Å². The van der Waals surface area contributed by atoms with Crippen LogP contribution in [0, 0.1) is 0 Å². The molecule has 182 valence electrons. The van der Waals surface area contributed by atoms with Crippen LogP contribution in [0.2, 0.25) is 0 Å². The number of carbonyl (C=O) groups is 2. The molecule has 35 heavy (non-hydrogen) atoms. The molecule has 3 rings (SSSR count). The van der Waals surface area contributed by atoms with Gasteiger partial charge in [-0.25, -0.2) is 10.2 Å². The molecule has 1 amide bonds. The molecule has 0 fully saturated rings. The van der Waals surface area contributed by atoms with Crippen LogP contribution in [0.3, 0.4) is 0 Å². The number of benzene rings is 3. The van der Waals surface area contributed by atoms with Gasteiger partial charge in [-0.1, -0.05) is 20.3 Å². The Morgan fingerprint density at radius 2 is 1.31 bits per heavy atom. The number of hydrogen-bond donors (Lipinski definition) is 1. The van der Waals surface area contributed by atoms with Gasteiger partial charge in [0.2, 0.25) is 0 Å². The second-order valence-corrected chi connectivity index (χ2v) is 7.76. The van der Waals surface area contributed by atoms with Crippen molar-refractivity contribution >= 4 is 18.1 Å². The molecule has 0 saturated carbocycles. The van der Waals surface area contributed by atoms with Crippen molar-refractivity contribution < 1.29 is 23.8 Å². The van der Waals surface area contributed by atoms with Gasteiger partial charge in [0.25, 0.3) is 5.91 Å². The Morgan fingerprint density at radius 3 is 1.91 bits per heavy atom. The second-order valence-electron chi connectivity index (χ2n) is 7.76. The van der Waals surface area contributed by atoms with Crippen LogP contribution >= 0.6 is 0 Å². The van der Waals surface area contributed by atoms with Crippen molar-refractivity contribution in [2.75, 3.05) is 13.2 Å². The van der Waals surface area contributed by atoms with Crippen LogP contribution in [0.4, 0.5) is 0 Å². The van der Waals surface area contributed by atoms with Crippen LogP contribution in [-0.2, 0) is 0 Å². The summed E-state index contributed by atoms with van der Waals surface area (Å²) in [6.07, 6.45) is 4.49. The first-order valence-electron chi connectivity index (χ1n) is 11.7. The van der Waals surface area contributed by atoms with Crippen molar-refractivity contribution in [1.82, 2.24) is 5.43 Å². The molecule has 0 aliphatic heterocycles. The molecule has 0 atom stereocenters. The van der Waals surface area contributed by atoms with Crippen molar-refractivity contribution in [3.05, 3.63) is 89.5 Å². The van der Waals surface area contributed by atoms with E-state index in [0.29, 0.717) is 35.8 Å². The minimum absolute atomic E-state index is 0.321. The average Bonchev–Trinajstić information content (AvgIpc) is 2.89. The number of esters is 1. The number of unbranched alkanes of at least 4 members (excludes halogenated alkanes) is 1. The summed E-state index contributed by atoms with van der Waals surface area (Å²) in [4.78, 5) is 24.6. The van der Waals surface area contributed by atoms with Crippen LogP contribution < -0.4 is 19.6 Å². The fourth-order valence-electron chi connectivity index (χ4n) is 2.96. The van der Waals surface area contributed by atoms with Gasteiger partial charge in [-0.3, -0.25) is 4.79 Å². The van der Waals surface area contributed by atoms with E-state index in [2.05, 4.69) is 17.5 Å². The number of ether oxygens (including phenoxy) is 3. The van der Waals surface area contributed by atoms with E-state index in [0.717, 1.165) is 30.6 Å². The zero-order valence-corrected chi connectivity index (χ0v) is 20.0. The molecule has 0 aromatic heterocycles. The largest absolute Gasteiger partial charge is 0.494 e. The lowest BCUT2D eigenvalue weighted by atomic mass is 10.2. The molecule has 7 heteroatoms. The number of hydrazone groups is 1. The van der Waals surface area contributed by atoms with Crippen LogP contribution in [0.25, 0.3) is 0 Å². The summed E-state index contributed by atoms with van der Waals surface area (Å²) in [5.41, 5.74) is 4.15. The molecule has 3 aromatic carbocycles. The van der Waals surface area contributed by atoms with Crippen LogP contribution in [0.1, 0.15) is 59.4 Å². The molecule has 0 heterocycles. The van der Waals surface area contributed by atoms with Crippen LogP contribution in [-0.4, -0.2) is 31.3 Å². The third-order valence-corrected chi connectivity index (χ3v) is 4.92. The molecule has 1 N–H and O–H groups in total. The molecule has 3 aromatic rings. The SMILES string of the molecule is CCCCOc1ccc(C(=O)N/N=C/c2ccc(OC(=O)c3ccc(OCCC)cc3)cc2)cc1. The maximum atomic E-state index is 12.3. The summed E-state index contributed by atoms with van der Waals surface area (Å²) in [6, 6.07) is 20.6. The Kier molecular flexibility index (Phi) is 9.87. The molecule has 0 aliphatic rings. The topological polar surface area (TPSA) is 86.2 Å². The lowest BCUT2D eigenvalue weighted by molar-refractivity contribution is 0.0734. The summed E-state index contributed by atoms with van der Waals surface area (Å²) >= 11 is 0. The van der Waals surface area contributed by atoms with E-state index in [9.17, 15) is 9.59 Å². The number of carbonyl (C=O) groups excluding carboxylic acids is 2. The fourth-order valence-corrected chi connectivity index (χ4v) is 2.96. The predicted octanol–water partition coefficient (Wildman–Crippen LogP) is 5.64. The van der Waals surface area contributed by atoms with Crippen molar-refractivity contribution in [3.63, 3.8) is 0 Å². The van der Waals surface area contributed by atoms with Crippen molar-refractivity contribution in [1.29, 1.82) is 0 Å². The lowest BCUT2D eigenvalue weighted by Gasteiger charge is -2.07. The first-order chi connectivity index (χ1) is 17.1. The molecule has 0 unspecified atom stereocenters. The first-order valence-corrected chi connectivity index (χ1v) is 11.7. The Bertz CT molecular complexity index is 1110. The van der Waals surface area contributed by atoms with E-state index in [4.69, 9.17) is 14.2 Å². The first kappa shape index (κ1) is 25.5. The van der Waals surface area contributed by atoms with E-state index in [-0.39, 0.29) is 5.91 Å². The van der Waals surface area contributed by atoms with Gasteiger partial charge in [-0.05, 0) is 91.2 Å². The highest BCUT2D eigenvalue weighted by atomic mass is 16.5. The molecular weight excluding hydrogens is 444 g/mol. The summed E-state index contributed by atoms with van der Waals surface area (Å²) in [7, 11) is 0. The van der Waals surface area contributed by atoms with Gasteiger partial charge in [0.05, 0.1) is 25.0 Å². The minimum atomic E-state index is -0.456. The predicted molar refractivity (Wildman–Crippen MR) is 136 cm³/mol. The standard InChI is InChI=1S/C28H30N2O5/c1-3-5-19-34-25-14-8-22(9-15-25)27(31)30-29-20-21-6-12-26(13-7-21)35-28(32)23-10-16-24(17-11-23)33-18-4-2/h6-17,20H,3-5,18-19H2,1-2H3,(H,30,31)/b29-20+. The van der Waals surface area contributed by atoms with E-state index in [1.54, 1.807) is 72.8 Å². The third kappa shape index (κ3) is 8.30. The normalized spacial score (nSPS) is 10.7. The minimum Gasteiger partial charge on any atom is -0.494 e.